The number of rotatable bonds is 3. The lowest BCUT2D eigenvalue weighted by Crippen LogP contribution is -2.49. The molecule has 1 aromatic rings. The van der Waals surface area contributed by atoms with E-state index in [1.807, 2.05) is 4.90 Å². The molecule has 2 N–H and O–H groups in total. The SMILES string of the molecule is CC(C(N)=O)N1CCOC(c2cc(F)c(Cl)cc2Cl)C1. The van der Waals surface area contributed by atoms with Crippen molar-refractivity contribution >= 4 is 29.1 Å². The molecule has 20 heavy (non-hydrogen) atoms. The van der Waals surface area contributed by atoms with E-state index in [9.17, 15) is 9.18 Å². The van der Waals surface area contributed by atoms with Crippen LogP contribution >= 0.6 is 23.2 Å². The van der Waals surface area contributed by atoms with Crippen LogP contribution in [0.3, 0.4) is 0 Å². The van der Waals surface area contributed by atoms with Crippen molar-refractivity contribution in [2.45, 2.75) is 19.1 Å². The number of hydrogen-bond acceptors (Lipinski definition) is 3. The average molecular weight is 321 g/mol. The van der Waals surface area contributed by atoms with Crippen molar-refractivity contribution in [3.63, 3.8) is 0 Å². The normalized spacial score (nSPS) is 21.7. The number of nitrogens with zero attached hydrogens (tertiary/aromatic N) is 1. The maximum absolute atomic E-state index is 13.6. The molecule has 4 nitrogen and oxygen atoms in total. The highest BCUT2D eigenvalue weighted by atomic mass is 35.5. The summed E-state index contributed by atoms with van der Waals surface area (Å²) in [5, 5.41) is 0.312. The van der Waals surface area contributed by atoms with Crippen molar-refractivity contribution in [2.24, 2.45) is 5.73 Å². The first-order chi connectivity index (χ1) is 9.40. The third-order valence-electron chi connectivity index (χ3n) is 3.44. The van der Waals surface area contributed by atoms with Gasteiger partial charge in [0, 0.05) is 23.7 Å². The zero-order valence-electron chi connectivity index (χ0n) is 10.9. The van der Waals surface area contributed by atoms with Gasteiger partial charge in [-0.25, -0.2) is 4.39 Å². The van der Waals surface area contributed by atoms with E-state index in [4.69, 9.17) is 33.7 Å². The molecule has 1 aliphatic rings. The Balaban J connectivity index is 2.21. The van der Waals surface area contributed by atoms with Crippen molar-refractivity contribution < 1.29 is 13.9 Å². The fourth-order valence-electron chi connectivity index (χ4n) is 2.17. The van der Waals surface area contributed by atoms with E-state index < -0.39 is 23.9 Å². The smallest absolute Gasteiger partial charge is 0.234 e. The van der Waals surface area contributed by atoms with Gasteiger partial charge in [-0.3, -0.25) is 9.69 Å². The van der Waals surface area contributed by atoms with Gasteiger partial charge in [0.1, 0.15) is 5.82 Å². The van der Waals surface area contributed by atoms with Crippen molar-refractivity contribution in [3.8, 4) is 0 Å². The van der Waals surface area contributed by atoms with Crippen LogP contribution in [0.5, 0.6) is 0 Å². The fraction of sp³-hybridized carbons (Fsp3) is 0.462. The predicted octanol–water partition coefficient (Wildman–Crippen LogP) is 2.38. The molecule has 2 unspecified atom stereocenters. The van der Waals surface area contributed by atoms with E-state index in [0.29, 0.717) is 30.3 Å². The van der Waals surface area contributed by atoms with Crippen LogP contribution in [-0.2, 0) is 9.53 Å². The van der Waals surface area contributed by atoms with Gasteiger partial charge in [0.15, 0.2) is 0 Å². The van der Waals surface area contributed by atoms with E-state index in [-0.39, 0.29) is 5.02 Å². The fourth-order valence-corrected chi connectivity index (χ4v) is 2.68. The first-order valence-electron chi connectivity index (χ1n) is 6.19. The molecule has 1 aromatic carbocycles. The van der Waals surface area contributed by atoms with Gasteiger partial charge in [0.2, 0.25) is 5.91 Å². The van der Waals surface area contributed by atoms with Gasteiger partial charge < -0.3 is 10.5 Å². The van der Waals surface area contributed by atoms with E-state index in [2.05, 4.69) is 0 Å². The van der Waals surface area contributed by atoms with Crippen LogP contribution in [0, 0.1) is 5.82 Å². The van der Waals surface area contributed by atoms with Gasteiger partial charge in [0.05, 0.1) is 23.8 Å². The van der Waals surface area contributed by atoms with Gasteiger partial charge in [-0.1, -0.05) is 23.2 Å². The Morgan fingerprint density at radius 3 is 2.85 bits per heavy atom. The van der Waals surface area contributed by atoms with Gasteiger partial charge in [0.25, 0.3) is 0 Å². The number of primary amides is 1. The number of amides is 1. The molecule has 2 rings (SSSR count). The maximum Gasteiger partial charge on any atom is 0.234 e. The molecule has 0 bridgehead atoms. The lowest BCUT2D eigenvalue weighted by molar-refractivity contribution is -0.126. The van der Waals surface area contributed by atoms with Crippen LogP contribution < -0.4 is 5.73 Å². The molecule has 0 radical (unpaired) electrons. The molecule has 110 valence electrons. The van der Waals surface area contributed by atoms with Gasteiger partial charge in [-0.2, -0.15) is 0 Å². The Morgan fingerprint density at radius 2 is 2.20 bits per heavy atom. The molecule has 0 aromatic heterocycles. The van der Waals surface area contributed by atoms with Gasteiger partial charge in [-0.15, -0.1) is 0 Å². The molecule has 2 atom stereocenters. The van der Waals surface area contributed by atoms with E-state index in [1.54, 1.807) is 6.92 Å². The van der Waals surface area contributed by atoms with E-state index in [1.165, 1.54) is 12.1 Å². The number of carbonyl (C=O) groups is 1. The molecule has 7 heteroatoms. The zero-order chi connectivity index (χ0) is 14.9. The lowest BCUT2D eigenvalue weighted by Gasteiger charge is -2.36. The highest BCUT2D eigenvalue weighted by Crippen LogP contribution is 2.32. The summed E-state index contributed by atoms with van der Waals surface area (Å²) in [5.74, 6) is -0.950. The molecule has 0 aliphatic carbocycles. The summed E-state index contributed by atoms with van der Waals surface area (Å²) >= 11 is 11.8. The number of hydrogen-bond donors (Lipinski definition) is 1. The first kappa shape index (κ1) is 15.5. The average Bonchev–Trinajstić information content (AvgIpc) is 2.42. The van der Waals surface area contributed by atoms with Crippen LogP contribution in [-0.4, -0.2) is 36.5 Å². The number of ether oxygens (including phenoxy) is 1. The van der Waals surface area contributed by atoms with Crippen molar-refractivity contribution in [1.82, 2.24) is 4.90 Å². The summed E-state index contributed by atoms with van der Waals surface area (Å²) in [7, 11) is 0. The zero-order valence-corrected chi connectivity index (χ0v) is 12.4. The second-order valence-electron chi connectivity index (χ2n) is 4.72. The Bertz CT molecular complexity index is 527. The minimum atomic E-state index is -0.547. The third-order valence-corrected chi connectivity index (χ3v) is 4.06. The highest BCUT2D eigenvalue weighted by molar-refractivity contribution is 6.35. The monoisotopic (exact) mass is 320 g/mol. The summed E-state index contributed by atoms with van der Waals surface area (Å²) in [6, 6.07) is 2.22. The van der Waals surface area contributed by atoms with Gasteiger partial charge >= 0.3 is 0 Å². The minimum absolute atomic E-state index is 0.0306. The number of halogens is 3. The molecule has 0 saturated carbocycles. The molecule has 1 fully saturated rings. The largest absolute Gasteiger partial charge is 0.371 e. The number of benzene rings is 1. The maximum atomic E-state index is 13.6. The molecular formula is C13H15Cl2FN2O2. The Morgan fingerprint density at radius 1 is 1.50 bits per heavy atom. The van der Waals surface area contributed by atoms with Crippen LogP contribution in [0.2, 0.25) is 10.0 Å². The summed E-state index contributed by atoms with van der Waals surface area (Å²) in [5.41, 5.74) is 5.82. The molecule has 0 spiro atoms. The molecular weight excluding hydrogens is 306 g/mol. The Hall–Kier alpha value is -0.880. The first-order valence-corrected chi connectivity index (χ1v) is 6.95. The third kappa shape index (κ3) is 3.23. The highest BCUT2D eigenvalue weighted by Gasteiger charge is 2.29. The summed E-state index contributed by atoms with van der Waals surface area (Å²) in [6.07, 6.45) is -0.412. The molecule has 1 aliphatic heterocycles. The van der Waals surface area contributed by atoms with Crippen molar-refractivity contribution in [3.05, 3.63) is 33.6 Å². The van der Waals surface area contributed by atoms with Crippen LogP contribution in [0.15, 0.2) is 12.1 Å². The second-order valence-corrected chi connectivity index (χ2v) is 5.53. The topological polar surface area (TPSA) is 55.6 Å². The number of nitrogens with two attached hydrogens (primary N) is 1. The standard InChI is InChI=1S/C13H15Cl2FN2O2/c1-7(13(17)19)18-2-3-20-12(6-18)8-4-11(16)10(15)5-9(8)14/h4-5,7,12H,2-3,6H2,1H3,(H2,17,19). The van der Waals surface area contributed by atoms with Gasteiger partial charge in [-0.05, 0) is 19.1 Å². The molecule has 1 heterocycles. The van der Waals surface area contributed by atoms with Crippen molar-refractivity contribution in [2.75, 3.05) is 19.7 Å². The number of morpholine rings is 1. The summed E-state index contributed by atoms with van der Waals surface area (Å²) < 4.78 is 19.2. The Labute approximate surface area is 126 Å². The molecule has 1 saturated heterocycles. The van der Waals surface area contributed by atoms with E-state index >= 15 is 0 Å². The van der Waals surface area contributed by atoms with Crippen LogP contribution in [0.4, 0.5) is 4.39 Å². The number of carbonyl (C=O) groups excluding carboxylic acids is 1. The lowest BCUT2D eigenvalue weighted by atomic mass is 10.1. The summed E-state index contributed by atoms with van der Waals surface area (Å²) in [4.78, 5) is 13.1. The predicted molar refractivity (Wildman–Crippen MR) is 75.3 cm³/mol. The second kappa shape index (κ2) is 6.26. The van der Waals surface area contributed by atoms with Crippen LogP contribution in [0.1, 0.15) is 18.6 Å². The van der Waals surface area contributed by atoms with Crippen LogP contribution in [0.25, 0.3) is 0 Å². The summed E-state index contributed by atoms with van der Waals surface area (Å²) in [6.45, 7) is 3.16. The van der Waals surface area contributed by atoms with Crippen molar-refractivity contribution in [1.29, 1.82) is 0 Å². The molecule has 1 amide bonds. The minimum Gasteiger partial charge on any atom is -0.371 e. The van der Waals surface area contributed by atoms with E-state index in [0.717, 1.165) is 0 Å². The quantitative estimate of drug-likeness (QED) is 0.870. The Kier molecular flexibility index (Phi) is 4.86.